The molecule has 1 heterocycles. The second-order valence-electron chi connectivity index (χ2n) is 1.41. The zero-order valence-corrected chi connectivity index (χ0v) is 6.62. The van der Waals surface area contributed by atoms with Crippen LogP contribution in [0, 0.1) is 0 Å². The Morgan fingerprint density at radius 1 is 1.78 bits per heavy atom. The number of nitrogens with one attached hydrogen (secondary N) is 1. The van der Waals surface area contributed by atoms with Crippen LogP contribution in [0.1, 0.15) is 0 Å². The van der Waals surface area contributed by atoms with Gasteiger partial charge in [0.1, 0.15) is 0 Å². The average molecular weight is 238 g/mol. The van der Waals surface area contributed by atoms with E-state index in [9.17, 15) is 4.79 Å². The predicted octanol–water partition coefficient (Wildman–Crippen LogP) is -2.92. The molecule has 0 aromatic carbocycles. The molecule has 0 saturated carbocycles. The summed E-state index contributed by atoms with van der Waals surface area (Å²) in [5, 5.41) is 8.39. The second-order valence-corrected chi connectivity index (χ2v) is 3.29. The molecule has 4 heteroatoms. The quantitative estimate of drug-likeness (QED) is 0.380. The van der Waals surface area contributed by atoms with Crippen molar-refractivity contribution in [2.45, 2.75) is 0 Å². The van der Waals surface area contributed by atoms with Gasteiger partial charge in [-0.1, -0.05) is 0 Å². The number of carboxylic acids is 1. The van der Waals surface area contributed by atoms with Gasteiger partial charge >= 0.3 is 62.8 Å². The van der Waals surface area contributed by atoms with Crippen LogP contribution in [0.2, 0.25) is 0 Å². The summed E-state index contributed by atoms with van der Waals surface area (Å²) in [7, 11) is 0. The molecule has 3 nitrogen and oxygen atoms in total. The fourth-order valence-corrected chi connectivity index (χ4v) is 1.74. The van der Waals surface area contributed by atoms with E-state index in [1.807, 2.05) is 4.08 Å². The van der Waals surface area contributed by atoms with Crippen molar-refractivity contribution in [2.75, 3.05) is 0 Å². The first-order valence-electron chi connectivity index (χ1n) is 2.29. The van der Waals surface area contributed by atoms with Crippen LogP contribution < -0.4 is 25.0 Å². The van der Waals surface area contributed by atoms with Gasteiger partial charge in [-0.3, -0.25) is 0 Å². The van der Waals surface area contributed by atoms with Gasteiger partial charge in [-0.2, -0.15) is 0 Å². The number of allylic oxidation sites excluding steroid dienone is 2. The molecule has 0 unspecified atom stereocenters. The Hall–Kier alpha value is -0.520. The first-order chi connectivity index (χ1) is 4.30. The topological polar surface area (TPSA) is 49.3 Å². The van der Waals surface area contributed by atoms with Crippen molar-refractivity contribution in [3.8, 4) is 0 Å². The van der Waals surface area contributed by atoms with Crippen molar-refractivity contribution in [3.05, 3.63) is 21.9 Å². The molecule has 0 spiro atoms. The van der Waals surface area contributed by atoms with Crippen LogP contribution in [0.4, 0.5) is 0 Å². The van der Waals surface area contributed by atoms with E-state index < -0.39 is 5.97 Å². The van der Waals surface area contributed by atoms with E-state index in [2.05, 4.69) is 3.53 Å². The Morgan fingerprint density at radius 3 is 2.89 bits per heavy atom. The van der Waals surface area contributed by atoms with E-state index in [0.717, 1.165) is 0 Å². The van der Waals surface area contributed by atoms with Crippen LogP contribution in [0.5, 0.6) is 0 Å². The summed E-state index contributed by atoms with van der Waals surface area (Å²) >= 11 is -0.239. The predicted molar refractivity (Wildman–Crippen MR) is 28.0 cm³/mol. The summed E-state index contributed by atoms with van der Waals surface area (Å²) in [5.41, 5.74) is 0.310. The summed E-state index contributed by atoms with van der Waals surface area (Å²) in [5.74, 6) is -0.876. The van der Waals surface area contributed by atoms with Crippen molar-refractivity contribution in [3.63, 3.8) is 0 Å². The number of halogens is 1. The Bertz CT molecular complexity index is 185. The molecule has 50 valence electrons. The molecular formula is C5H5INO2-. The van der Waals surface area contributed by atoms with Crippen LogP contribution in [-0.4, -0.2) is 11.1 Å². The maximum atomic E-state index is 10.2. The van der Waals surface area contributed by atoms with E-state index in [1.54, 1.807) is 12.2 Å². The summed E-state index contributed by atoms with van der Waals surface area (Å²) < 4.78 is 4.77. The Balaban J connectivity index is 2.68. The number of carboxylic acid groups (broad SMARTS) is 1. The molecule has 1 aliphatic heterocycles. The van der Waals surface area contributed by atoms with Gasteiger partial charge in [-0.05, 0) is 0 Å². The second kappa shape index (κ2) is 2.86. The molecule has 0 saturated heterocycles. The van der Waals surface area contributed by atoms with Gasteiger partial charge in [0, 0.05) is 0 Å². The van der Waals surface area contributed by atoms with Gasteiger partial charge in [-0.25, -0.2) is 0 Å². The molecule has 0 aliphatic carbocycles. The van der Waals surface area contributed by atoms with Crippen LogP contribution in [0.3, 0.4) is 0 Å². The summed E-state index contributed by atoms with van der Waals surface area (Å²) in [4.78, 5) is 10.2. The third-order valence-electron chi connectivity index (χ3n) is 0.785. The number of hydrogen-bond acceptors (Lipinski definition) is 2. The van der Waals surface area contributed by atoms with E-state index in [-0.39, 0.29) is 21.5 Å². The zero-order valence-electron chi connectivity index (χ0n) is 4.47. The standard InChI is InChI=1S/C5H5INO2/c8-5(9)4-2-1-3-6-7-4/h1-3,7H,(H,8,9)/q-1. The third-order valence-corrected chi connectivity index (χ3v) is 2.45. The third kappa shape index (κ3) is 1.70. The number of aliphatic carboxylic acids is 1. The molecule has 1 rings (SSSR count). The molecule has 9 heavy (non-hydrogen) atoms. The van der Waals surface area contributed by atoms with Crippen LogP contribution in [0.15, 0.2) is 21.9 Å². The van der Waals surface area contributed by atoms with Crippen LogP contribution >= 0.6 is 0 Å². The molecule has 0 atom stereocenters. The minimum absolute atomic E-state index is 0.239. The van der Waals surface area contributed by atoms with Gasteiger partial charge in [0.05, 0.1) is 0 Å². The van der Waals surface area contributed by atoms with E-state index in [4.69, 9.17) is 5.11 Å². The normalized spacial score (nSPS) is 17.1. The Morgan fingerprint density at radius 2 is 2.56 bits per heavy atom. The zero-order chi connectivity index (χ0) is 6.69. The fourth-order valence-electron chi connectivity index (χ4n) is 0.402. The Kier molecular flexibility index (Phi) is 2.10. The van der Waals surface area contributed by atoms with E-state index in [0.29, 0.717) is 5.70 Å². The average Bonchev–Trinajstić information content (AvgIpc) is 1.90. The summed E-state index contributed by atoms with van der Waals surface area (Å²) in [6, 6.07) is 0. The van der Waals surface area contributed by atoms with E-state index in [1.165, 1.54) is 0 Å². The molecular weight excluding hydrogens is 233 g/mol. The van der Waals surface area contributed by atoms with Crippen molar-refractivity contribution in [1.29, 1.82) is 0 Å². The minimum atomic E-state index is -0.876. The molecule has 0 bridgehead atoms. The van der Waals surface area contributed by atoms with Crippen molar-refractivity contribution in [2.24, 2.45) is 0 Å². The van der Waals surface area contributed by atoms with Crippen molar-refractivity contribution >= 4 is 5.97 Å². The first-order valence-corrected chi connectivity index (χ1v) is 4.61. The van der Waals surface area contributed by atoms with Gasteiger partial charge in [0.15, 0.2) is 0 Å². The molecule has 0 fully saturated rings. The Labute approximate surface area is 63.1 Å². The fraction of sp³-hybridized carbons (Fsp3) is 0. The molecule has 0 radical (unpaired) electrons. The van der Waals surface area contributed by atoms with Gasteiger partial charge < -0.3 is 0 Å². The van der Waals surface area contributed by atoms with Crippen LogP contribution in [0.25, 0.3) is 0 Å². The molecule has 2 N–H and O–H groups in total. The van der Waals surface area contributed by atoms with Gasteiger partial charge in [0.25, 0.3) is 0 Å². The van der Waals surface area contributed by atoms with Gasteiger partial charge in [0.2, 0.25) is 0 Å². The first kappa shape index (κ1) is 6.60. The van der Waals surface area contributed by atoms with Gasteiger partial charge in [-0.15, -0.1) is 0 Å². The van der Waals surface area contributed by atoms with Crippen molar-refractivity contribution < 1.29 is 31.4 Å². The SMILES string of the molecule is O=C(O)C1=CC=C[I-]N1. The number of rotatable bonds is 1. The number of hydrogen-bond donors (Lipinski definition) is 2. The van der Waals surface area contributed by atoms with Crippen molar-refractivity contribution in [1.82, 2.24) is 3.53 Å². The molecule has 0 amide bonds. The van der Waals surface area contributed by atoms with E-state index >= 15 is 0 Å². The molecule has 0 aromatic heterocycles. The molecule has 1 aliphatic rings. The summed E-state index contributed by atoms with van der Waals surface area (Å²) in [6.07, 6.45) is 3.33. The van der Waals surface area contributed by atoms with Crippen LogP contribution in [-0.2, 0) is 4.79 Å². The monoisotopic (exact) mass is 238 g/mol. The maximum absolute atomic E-state index is 10.2. The number of carbonyl (C=O) groups is 1. The molecule has 0 aromatic rings. The summed E-state index contributed by atoms with van der Waals surface area (Å²) in [6.45, 7) is 0.